The predicted molar refractivity (Wildman–Crippen MR) is 57.3 cm³/mol. The minimum absolute atomic E-state index is 0.195. The third-order valence-corrected chi connectivity index (χ3v) is 2.01. The number of nitrogens with one attached hydrogen (secondary N) is 1. The van der Waals surface area contributed by atoms with E-state index in [4.69, 9.17) is 0 Å². The summed E-state index contributed by atoms with van der Waals surface area (Å²) < 4.78 is 4.52. The van der Waals surface area contributed by atoms with E-state index in [-0.39, 0.29) is 5.97 Å². The van der Waals surface area contributed by atoms with Gasteiger partial charge in [-0.1, -0.05) is 6.07 Å². The Labute approximate surface area is 89.7 Å². The average Bonchev–Trinajstić information content (AvgIpc) is 2.26. The van der Waals surface area contributed by atoms with Crippen molar-refractivity contribution in [3.8, 4) is 0 Å². The van der Waals surface area contributed by atoms with Gasteiger partial charge in [-0.05, 0) is 18.6 Å². The molecule has 1 rings (SSSR count). The molecule has 4 nitrogen and oxygen atoms in total. The molecule has 0 fully saturated rings. The van der Waals surface area contributed by atoms with Crippen LogP contribution in [0.4, 0.5) is 0 Å². The van der Waals surface area contributed by atoms with Crippen LogP contribution in [0.2, 0.25) is 0 Å². The number of rotatable bonds is 5. The van der Waals surface area contributed by atoms with E-state index in [0.717, 1.165) is 11.3 Å². The molecular weight excluding hydrogens is 192 g/mol. The zero-order chi connectivity index (χ0) is 11.1. The van der Waals surface area contributed by atoms with Gasteiger partial charge in [0.25, 0.3) is 0 Å². The highest BCUT2D eigenvalue weighted by atomic mass is 16.5. The fraction of sp³-hybridized carbons (Fsp3) is 0.455. The summed E-state index contributed by atoms with van der Waals surface area (Å²) in [6.45, 7) is 3.29. The number of ether oxygens (including phenoxy) is 1. The van der Waals surface area contributed by atoms with Gasteiger partial charge >= 0.3 is 5.97 Å². The van der Waals surface area contributed by atoms with E-state index in [9.17, 15) is 4.79 Å². The van der Waals surface area contributed by atoms with Crippen molar-refractivity contribution in [1.29, 1.82) is 0 Å². The molecule has 1 heterocycles. The number of methoxy groups -OCH3 is 1. The summed E-state index contributed by atoms with van der Waals surface area (Å²) in [4.78, 5) is 15.0. The van der Waals surface area contributed by atoms with Crippen LogP contribution in [-0.2, 0) is 16.1 Å². The lowest BCUT2D eigenvalue weighted by Gasteiger charge is -2.03. The molecule has 0 bridgehead atoms. The lowest BCUT2D eigenvalue weighted by molar-refractivity contribution is -0.140. The second-order valence-electron chi connectivity index (χ2n) is 3.33. The Morgan fingerprint density at radius 2 is 2.33 bits per heavy atom. The van der Waals surface area contributed by atoms with Crippen molar-refractivity contribution in [3.05, 3.63) is 29.6 Å². The number of carbonyl (C=O) groups excluding carboxylic acids is 1. The third kappa shape index (κ3) is 4.56. The van der Waals surface area contributed by atoms with Crippen LogP contribution < -0.4 is 5.32 Å². The van der Waals surface area contributed by atoms with Crippen LogP contribution in [-0.4, -0.2) is 24.6 Å². The van der Waals surface area contributed by atoms with Crippen LogP contribution in [0.15, 0.2) is 18.3 Å². The van der Waals surface area contributed by atoms with Crippen molar-refractivity contribution in [2.75, 3.05) is 13.7 Å². The smallest absolute Gasteiger partial charge is 0.306 e. The SMILES string of the molecule is COC(=O)CCNCc1ccc(C)cn1. The largest absolute Gasteiger partial charge is 0.469 e. The Hall–Kier alpha value is -1.42. The van der Waals surface area contributed by atoms with Crippen molar-refractivity contribution >= 4 is 5.97 Å². The Kier molecular flexibility index (Phi) is 4.77. The van der Waals surface area contributed by atoms with Crippen LogP contribution in [0.1, 0.15) is 17.7 Å². The molecule has 1 aromatic rings. The molecule has 0 radical (unpaired) electrons. The second-order valence-corrected chi connectivity index (χ2v) is 3.33. The van der Waals surface area contributed by atoms with Gasteiger partial charge in [0, 0.05) is 19.3 Å². The van der Waals surface area contributed by atoms with Crippen molar-refractivity contribution in [1.82, 2.24) is 10.3 Å². The fourth-order valence-corrected chi connectivity index (χ4v) is 1.11. The molecule has 0 amide bonds. The Balaban J connectivity index is 2.20. The van der Waals surface area contributed by atoms with Gasteiger partial charge in [0.2, 0.25) is 0 Å². The molecule has 0 unspecified atom stereocenters. The molecule has 0 aliphatic rings. The molecule has 0 spiro atoms. The van der Waals surface area contributed by atoms with E-state index < -0.39 is 0 Å². The molecule has 15 heavy (non-hydrogen) atoms. The maximum absolute atomic E-state index is 10.8. The molecule has 0 aliphatic heterocycles. The number of esters is 1. The predicted octanol–water partition coefficient (Wildman–Crippen LogP) is 1.04. The van der Waals surface area contributed by atoms with E-state index in [1.54, 1.807) is 0 Å². The normalized spacial score (nSPS) is 10.0. The first-order chi connectivity index (χ1) is 7.22. The summed E-state index contributed by atoms with van der Waals surface area (Å²) >= 11 is 0. The lowest BCUT2D eigenvalue weighted by Crippen LogP contribution is -2.18. The van der Waals surface area contributed by atoms with E-state index in [0.29, 0.717) is 19.5 Å². The minimum atomic E-state index is -0.195. The first-order valence-corrected chi connectivity index (χ1v) is 4.91. The molecule has 1 N–H and O–H groups in total. The molecular formula is C11H16N2O2. The molecule has 0 aromatic carbocycles. The van der Waals surface area contributed by atoms with E-state index in [1.165, 1.54) is 7.11 Å². The highest BCUT2D eigenvalue weighted by molar-refractivity contribution is 5.69. The minimum Gasteiger partial charge on any atom is -0.469 e. The van der Waals surface area contributed by atoms with Gasteiger partial charge in [0.1, 0.15) is 0 Å². The van der Waals surface area contributed by atoms with Gasteiger partial charge in [0.05, 0.1) is 19.2 Å². The number of aromatic nitrogens is 1. The molecule has 0 saturated carbocycles. The zero-order valence-electron chi connectivity index (χ0n) is 9.12. The summed E-state index contributed by atoms with van der Waals surface area (Å²) in [5.41, 5.74) is 2.12. The average molecular weight is 208 g/mol. The molecule has 4 heteroatoms. The van der Waals surface area contributed by atoms with Crippen molar-refractivity contribution in [3.63, 3.8) is 0 Å². The van der Waals surface area contributed by atoms with E-state index >= 15 is 0 Å². The van der Waals surface area contributed by atoms with Gasteiger partial charge in [-0.15, -0.1) is 0 Å². The summed E-state index contributed by atoms with van der Waals surface area (Å²) in [5.74, 6) is -0.195. The van der Waals surface area contributed by atoms with Crippen LogP contribution in [0.5, 0.6) is 0 Å². The molecule has 1 aromatic heterocycles. The highest BCUT2D eigenvalue weighted by Gasteiger charge is 1.99. The van der Waals surface area contributed by atoms with Gasteiger partial charge in [-0.3, -0.25) is 9.78 Å². The van der Waals surface area contributed by atoms with Gasteiger partial charge in [0.15, 0.2) is 0 Å². The van der Waals surface area contributed by atoms with E-state index in [2.05, 4.69) is 15.0 Å². The number of pyridine rings is 1. The van der Waals surface area contributed by atoms with Crippen LogP contribution in [0.3, 0.4) is 0 Å². The van der Waals surface area contributed by atoms with Crippen molar-refractivity contribution < 1.29 is 9.53 Å². The van der Waals surface area contributed by atoms with Gasteiger partial charge in [-0.2, -0.15) is 0 Å². The number of aryl methyl sites for hydroxylation is 1. The second kappa shape index (κ2) is 6.14. The lowest BCUT2D eigenvalue weighted by atomic mass is 10.3. The molecule has 0 atom stereocenters. The molecule has 82 valence electrons. The summed E-state index contributed by atoms with van der Waals surface area (Å²) in [6.07, 6.45) is 2.22. The topological polar surface area (TPSA) is 51.2 Å². The maximum atomic E-state index is 10.8. The Morgan fingerprint density at radius 3 is 2.93 bits per heavy atom. The standard InChI is InChI=1S/C11H16N2O2/c1-9-3-4-10(13-7-9)8-12-6-5-11(14)15-2/h3-4,7,12H,5-6,8H2,1-2H3. The summed E-state index contributed by atoms with van der Waals surface area (Å²) in [7, 11) is 1.39. The molecule has 0 aliphatic carbocycles. The van der Waals surface area contributed by atoms with Crippen molar-refractivity contribution in [2.24, 2.45) is 0 Å². The van der Waals surface area contributed by atoms with Crippen LogP contribution in [0, 0.1) is 6.92 Å². The number of hydrogen-bond acceptors (Lipinski definition) is 4. The summed E-state index contributed by atoms with van der Waals surface area (Å²) in [6, 6.07) is 3.99. The number of nitrogens with zero attached hydrogens (tertiary/aromatic N) is 1. The Bertz CT molecular complexity index is 309. The van der Waals surface area contributed by atoms with Crippen molar-refractivity contribution in [2.45, 2.75) is 19.9 Å². The first-order valence-electron chi connectivity index (χ1n) is 4.91. The quantitative estimate of drug-likeness (QED) is 0.580. The Morgan fingerprint density at radius 1 is 1.53 bits per heavy atom. The number of hydrogen-bond donors (Lipinski definition) is 1. The number of carbonyl (C=O) groups is 1. The third-order valence-electron chi connectivity index (χ3n) is 2.01. The van der Waals surface area contributed by atoms with Gasteiger partial charge < -0.3 is 10.1 Å². The summed E-state index contributed by atoms with van der Waals surface area (Å²) in [5, 5.41) is 3.12. The van der Waals surface area contributed by atoms with Gasteiger partial charge in [-0.25, -0.2) is 0 Å². The molecule has 0 saturated heterocycles. The fourth-order valence-electron chi connectivity index (χ4n) is 1.11. The monoisotopic (exact) mass is 208 g/mol. The first kappa shape index (κ1) is 11.7. The van der Waals surface area contributed by atoms with Crippen LogP contribution >= 0.6 is 0 Å². The van der Waals surface area contributed by atoms with Crippen LogP contribution in [0.25, 0.3) is 0 Å². The zero-order valence-corrected chi connectivity index (χ0v) is 9.12. The highest BCUT2D eigenvalue weighted by Crippen LogP contribution is 1.97. The van der Waals surface area contributed by atoms with E-state index in [1.807, 2.05) is 25.3 Å². The maximum Gasteiger partial charge on any atom is 0.306 e.